The number of fused-ring (bicyclic) bond motifs is 1. The molecule has 0 bridgehead atoms. The van der Waals surface area contributed by atoms with E-state index < -0.39 is 0 Å². The van der Waals surface area contributed by atoms with Gasteiger partial charge in [-0.2, -0.15) is 0 Å². The number of hydrogen-bond donors (Lipinski definition) is 0. The number of benzene rings is 1. The van der Waals surface area contributed by atoms with Gasteiger partial charge in [0.25, 0.3) is 0 Å². The quantitative estimate of drug-likeness (QED) is 0.674. The van der Waals surface area contributed by atoms with E-state index in [1.807, 2.05) is 19.2 Å². The summed E-state index contributed by atoms with van der Waals surface area (Å²) in [5.41, 5.74) is 3.31. The second-order valence-electron chi connectivity index (χ2n) is 4.08. The SMILES string of the molecule is Cc1ccc(Cl)c2c1N(C)CCC(=O)C2. The number of carbonyl (C=O) groups is 1. The summed E-state index contributed by atoms with van der Waals surface area (Å²) in [4.78, 5) is 13.7. The van der Waals surface area contributed by atoms with E-state index in [0.29, 0.717) is 17.9 Å². The maximum Gasteiger partial charge on any atom is 0.139 e. The van der Waals surface area contributed by atoms with E-state index in [1.54, 1.807) is 0 Å². The molecule has 1 heterocycles. The smallest absolute Gasteiger partial charge is 0.139 e. The van der Waals surface area contributed by atoms with Gasteiger partial charge in [-0.25, -0.2) is 0 Å². The van der Waals surface area contributed by atoms with Gasteiger partial charge in [0.05, 0.1) is 0 Å². The van der Waals surface area contributed by atoms with Gasteiger partial charge >= 0.3 is 0 Å². The third-order valence-corrected chi connectivity index (χ3v) is 3.26. The minimum Gasteiger partial charge on any atom is -0.374 e. The summed E-state index contributed by atoms with van der Waals surface area (Å²) in [5, 5.41) is 0.706. The molecule has 1 aliphatic heterocycles. The Morgan fingerprint density at radius 2 is 2.13 bits per heavy atom. The van der Waals surface area contributed by atoms with Crippen molar-refractivity contribution < 1.29 is 4.79 Å². The first-order valence-corrected chi connectivity index (χ1v) is 5.48. The Bertz CT molecular complexity index is 414. The molecule has 0 aliphatic carbocycles. The van der Waals surface area contributed by atoms with Crippen molar-refractivity contribution >= 4 is 23.1 Å². The highest BCUT2D eigenvalue weighted by molar-refractivity contribution is 6.32. The number of Topliss-reactive ketones (excluding diaryl/α,β-unsaturated/α-hetero) is 1. The summed E-state index contributed by atoms with van der Waals surface area (Å²) in [5.74, 6) is 0.271. The van der Waals surface area contributed by atoms with Crippen LogP contribution in [0.3, 0.4) is 0 Å². The van der Waals surface area contributed by atoms with Crippen LogP contribution in [0.2, 0.25) is 5.02 Å². The van der Waals surface area contributed by atoms with Crippen LogP contribution in [0.15, 0.2) is 12.1 Å². The average molecular weight is 224 g/mol. The van der Waals surface area contributed by atoms with Crippen molar-refractivity contribution in [3.63, 3.8) is 0 Å². The number of hydrogen-bond acceptors (Lipinski definition) is 2. The van der Waals surface area contributed by atoms with Gasteiger partial charge in [0, 0.05) is 42.7 Å². The molecule has 0 spiro atoms. The second kappa shape index (κ2) is 3.86. The maximum atomic E-state index is 11.6. The highest BCUT2D eigenvalue weighted by atomic mass is 35.5. The predicted molar refractivity (Wildman–Crippen MR) is 62.8 cm³/mol. The Kier molecular flexibility index (Phi) is 2.70. The Labute approximate surface area is 94.8 Å². The van der Waals surface area contributed by atoms with E-state index >= 15 is 0 Å². The molecule has 2 rings (SSSR count). The Morgan fingerprint density at radius 1 is 1.40 bits per heavy atom. The molecule has 0 saturated carbocycles. The van der Waals surface area contributed by atoms with Crippen LogP contribution in [0.4, 0.5) is 5.69 Å². The van der Waals surface area contributed by atoms with Gasteiger partial charge in [0.15, 0.2) is 0 Å². The lowest BCUT2D eigenvalue weighted by atomic mass is 10.0. The molecule has 1 aromatic rings. The highest BCUT2D eigenvalue weighted by Gasteiger charge is 2.20. The molecule has 0 fully saturated rings. The predicted octanol–water partition coefficient (Wildman–Crippen LogP) is 2.60. The summed E-state index contributed by atoms with van der Waals surface area (Å²) < 4.78 is 0. The van der Waals surface area contributed by atoms with Crippen LogP contribution in [-0.4, -0.2) is 19.4 Å². The monoisotopic (exact) mass is 223 g/mol. The Morgan fingerprint density at radius 3 is 2.87 bits per heavy atom. The number of nitrogens with zero attached hydrogens (tertiary/aromatic N) is 1. The number of anilines is 1. The van der Waals surface area contributed by atoms with Crippen molar-refractivity contribution in [2.45, 2.75) is 19.8 Å². The number of rotatable bonds is 0. The molecule has 80 valence electrons. The van der Waals surface area contributed by atoms with E-state index in [4.69, 9.17) is 11.6 Å². The first kappa shape index (κ1) is 10.5. The normalized spacial score (nSPS) is 16.2. The molecule has 2 nitrogen and oxygen atoms in total. The van der Waals surface area contributed by atoms with E-state index in [2.05, 4.69) is 11.8 Å². The van der Waals surface area contributed by atoms with Crippen molar-refractivity contribution in [3.8, 4) is 0 Å². The minimum absolute atomic E-state index is 0.271. The third kappa shape index (κ3) is 1.86. The minimum atomic E-state index is 0.271. The molecule has 0 atom stereocenters. The van der Waals surface area contributed by atoms with Gasteiger partial charge in [-0.3, -0.25) is 4.79 Å². The summed E-state index contributed by atoms with van der Waals surface area (Å²) in [6.45, 7) is 2.84. The molecule has 0 radical (unpaired) electrons. The van der Waals surface area contributed by atoms with Crippen LogP contribution in [0.25, 0.3) is 0 Å². The molecular formula is C12H14ClNO. The van der Waals surface area contributed by atoms with Crippen LogP contribution in [0, 0.1) is 6.92 Å². The van der Waals surface area contributed by atoms with E-state index in [-0.39, 0.29) is 5.78 Å². The van der Waals surface area contributed by atoms with Gasteiger partial charge in [-0.1, -0.05) is 17.7 Å². The van der Waals surface area contributed by atoms with Gasteiger partial charge in [-0.05, 0) is 18.6 Å². The summed E-state index contributed by atoms with van der Waals surface area (Å²) in [6.07, 6.45) is 1.08. The first-order valence-electron chi connectivity index (χ1n) is 5.10. The summed E-state index contributed by atoms with van der Waals surface area (Å²) in [6, 6.07) is 3.88. The molecule has 0 N–H and O–H groups in total. The standard InChI is InChI=1S/C12H14ClNO/c1-8-3-4-11(13)10-7-9(15)5-6-14(2)12(8)10/h3-4H,5-7H2,1-2H3. The zero-order valence-electron chi connectivity index (χ0n) is 9.01. The van der Waals surface area contributed by atoms with Crippen LogP contribution >= 0.6 is 11.6 Å². The third-order valence-electron chi connectivity index (χ3n) is 2.91. The van der Waals surface area contributed by atoms with Gasteiger partial charge < -0.3 is 4.90 Å². The molecule has 15 heavy (non-hydrogen) atoms. The largest absolute Gasteiger partial charge is 0.374 e. The molecule has 3 heteroatoms. The van der Waals surface area contributed by atoms with Crippen LogP contribution in [0.5, 0.6) is 0 Å². The number of ketones is 1. The van der Waals surface area contributed by atoms with Crippen molar-refractivity contribution in [3.05, 3.63) is 28.3 Å². The molecule has 1 aromatic carbocycles. The average Bonchev–Trinajstić information content (AvgIpc) is 2.34. The molecular weight excluding hydrogens is 210 g/mol. The number of carbonyl (C=O) groups excluding carboxylic acids is 1. The molecule has 1 aliphatic rings. The fourth-order valence-electron chi connectivity index (χ4n) is 2.12. The Hall–Kier alpha value is -1.02. The van der Waals surface area contributed by atoms with Crippen molar-refractivity contribution in [2.24, 2.45) is 0 Å². The first-order chi connectivity index (χ1) is 7.09. The second-order valence-corrected chi connectivity index (χ2v) is 4.49. The zero-order chi connectivity index (χ0) is 11.0. The zero-order valence-corrected chi connectivity index (χ0v) is 9.77. The van der Waals surface area contributed by atoms with Crippen molar-refractivity contribution in [1.82, 2.24) is 0 Å². The van der Waals surface area contributed by atoms with Crippen molar-refractivity contribution in [1.29, 1.82) is 0 Å². The molecule has 0 saturated heterocycles. The number of aryl methyl sites for hydroxylation is 1. The van der Waals surface area contributed by atoms with Crippen LogP contribution in [0.1, 0.15) is 17.5 Å². The van der Waals surface area contributed by atoms with Crippen LogP contribution in [-0.2, 0) is 11.2 Å². The maximum absolute atomic E-state index is 11.6. The van der Waals surface area contributed by atoms with E-state index in [0.717, 1.165) is 17.8 Å². The summed E-state index contributed by atoms with van der Waals surface area (Å²) >= 11 is 6.14. The fourth-order valence-corrected chi connectivity index (χ4v) is 2.34. The molecule has 0 amide bonds. The molecule has 0 unspecified atom stereocenters. The lowest BCUT2D eigenvalue weighted by molar-refractivity contribution is -0.118. The van der Waals surface area contributed by atoms with Crippen molar-refractivity contribution in [2.75, 3.05) is 18.5 Å². The van der Waals surface area contributed by atoms with Gasteiger partial charge in [0.2, 0.25) is 0 Å². The summed E-state index contributed by atoms with van der Waals surface area (Å²) in [7, 11) is 2.01. The highest BCUT2D eigenvalue weighted by Crippen LogP contribution is 2.33. The van der Waals surface area contributed by atoms with Gasteiger partial charge in [-0.15, -0.1) is 0 Å². The topological polar surface area (TPSA) is 20.3 Å². The lowest BCUT2D eigenvalue weighted by Crippen LogP contribution is -2.19. The van der Waals surface area contributed by atoms with E-state index in [1.165, 1.54) is 5.56 Å². The van der Waals surface area contributed by atoms with Gasteiger partial charge in [0.1, 0.15) is 5.78 Å². The Balaban J connectivity index is 2.60. The molecule has 0 aromatic heterocycles. The van der Waals surface area contributed by atoms with Crippen LogP contribution < -0.4 is 4.90 Å². The van der Waals surface area contributed by atoms with E-state index in [9.17, 15) is 4.79 Å². The fraction of sp³-hybridized carbons (Fsp3) is 0.417. The lowest BCUT2D eigenvalue weighted by Gasteiger charge is -2.21. The number of halogens is 1.